The summed E-state index contributed by atoms with van der Waals surface area (Å²) in [6.07, 6.45) is 1.06. The largest absolute Gasteiger partial charge is 0.374 e. The first-order valence-corrected chi connectivity index (χ1v) is 6.89. The Morgan fingerprint density at radius 2 is 1.94 bits per heavy atom. The van der Waals surface area contributed by atoms with Crippen molar-refractivity contribution in [3.63, 3.8) is 0 Å². The summed E-state index contributed by atoms with van der Waals surface area (Å²) < 4.78 is 0. The number of carbonyl (C=O) groups excluding carboxylic acids is 1. The number of ketones is 1. The Bertz CT molecular complexity index is 502. The number of nitrogens with zero attached hydrogens (tertiary/aromatic N) is 1. The van der Waals surface area contributed by atoms with Crippen molar-refractivity contribution < 1.29 is 4.79 Å². The summed E-state index contributed by atoms with van der Waals surface area (Å²) in [4.78, 5) is 14.8. The zero-order valence-electron chi connectivity index (χ0n) is 10.7. The Labute approximate surface area is 112 Å². The van der Waals surface area contributed by atoms with E-state index in [0.29, 0.717) is 0 Å². The molecule has 0 aliphatic rings. The van der Waals surface area contributed by atoms with Crippen LogP contribution in [0.4, 0.5) is 5.69 Å². The van der Waals surface area contributed by atoms with E-state index >= 15 is 0 Å². The highest BCUT2D eigenvalue weighted by Gasteiger charge is 2.03. The number of carbonyl (C=O) groups is 1. The second-order valence-corrected chi connectivity index (χ2v) is 5.39. The molecule has 0 aliphatic carbocycles. The van der Waals surface area contributed by atoms with Crippen LogP contribution in [0.3, 0.4) is 0 Å². The molecule has 0 amide bonds. The van der Waals surface area contributed by atoms with E-state index < -0.39 is 0 Å². The number of benzene rings is 1. The number of hydrogen-bond acceptors (Lipinski definition) is 3. The lowest BCUT2D eigenvalue weighted by molar-refractivity contribution is 0.101. The van der Waals surface area contributed by atoms with Gasteiger partial charge in [-0.15, -0.1) is 11.3 Å². The lowest BCUT2D eigenvalue weighted by Gasteiger charge is -2.19. The van der Waals surface area contributed by atoms with Crippen LogP contribution in [0, 0.1) is 0 Å². The molecule has 0 fully saturated rings. The van der Waals surface area contributed by atoms with Crippen LogP contribution >= 0.6 is 11.3 Å². The molecule has 1 aromatic carbocycles. The second-order valence-electron chi connectivity index (χ2n) is 4.35. The van der Waals surface area contributed by atoms with Crippen LogP contribution in [0.15, 0.2) is 41.8 Å². The van der Waals surface area contributed by atoms with Gasteiger partial charge in [0.25, 0.3) is 0 Å². The molecule has 1 heterocycles. The SMILES string of the molecule is CC(=O)c1ccc(N(C)CCc2cccs2)cc1. The number of likely N-dealkylation sites (N-methyl/N-ethyl adjacent to an activating group) is 1. The summed E-state index contributed by atoms with van der Waals surface area (Å²) in [5.74, 6) is 0.114. The quantitative estimate of drug-likeness (QED) is 0.764. The fourth-order valence-electron chi connectivity index (χ4n) is 1.81. The first kappa shape index (κ1) is 12.8. The van der Waals surface area contributed by atoms with Gasteiger partial charge in [-0.1, -0.05) is 6.07 Å². The minimum atomic E-state index is 0.114. The van der Waals surface area contributed by atoms with Crippen molar-refractivity contribution in [1.82, 2.24) is 0 Å². The van der Waals surface area contributed by atoms with Crippen LogP contribution in [0.1, 0.15) is 22.2 Å². The summed E-state index contributed by atoms with van der Waals surface area (Å²) >= 11 is 1.80. The molecule has 0 saturated heterocycles. The molecule has 3 heteroatoms. The number of rotatable bonds is 5. The zero-order chi connectivity index (χ0) is 13.0. The van der Waals surface area contributed by atoms with Crippen molar-refractivity contribution in [3.05, 3.63) is 52.2 Å². The van der Waals surface area contributed by atoms with Gasteiger partial charge in [0.1, 0.15) is 0 Å². The van der Waals surface area contributed by atoms with Gasteiger partial charge < -0.3 is 4.90 Å². The van der Waals surface area contributed by atoms with Gasteiger partial charge >= 0.3 is 0 Å². The Balaban J connectivity index is 1.96. The number of anilines is 1. The van der Waals surface area contributed by atoms with Crippen LogP contribution in [0.25, 0.3) is 0 Å². The fourth-order valence-corrected chi connectivity index (χ4v) is 2.51. The van der Waals surface area contributed by atoms with Crippen molar-refractivity contribution in [2.45, 2.75) is 13.3 Å². The number of thiophene rings is 1. The highest BCUT2D eigenvalue weighted by atomic mass is 32.1. The van der Waals surface area contributed by atoms with Crippen molar-refractivity contribution in [2.24, 2.45) is 0 Å². The molecule has 0 aliphatic heterocycles. The van der Waals surface area contributed by atoms with Gasteiger partial charge in [-0.05, 0) is 49.1 Å². The average molecular weight is 259 g/mol. The molecular formula is C15H17NOS. The summed E-state index contributed by atoms with van der Waals surface area (Å²) in [5, 5.41) is 2.11. The van der Waals surface area contributed by atoms with E-state index in [1.807, 2.05) is 24.3 Å². The van der Waals surface area contributed by atoms with Gasteiger partial charge in [0.15, 0.2) is 5.78 Å². The first-order chi connectivity index (χ1) is 8.66. The van der Waals surface area contributed by atoms with Crippen molar-refractivity contribution in [1.29, 1.82) is 0 Å². The number of Topliss-reactive ketones (excluding diaryl/α,β-unsaturated/α-hetero) is 1. The molecule has 94 valence electrons. The molecular weight excluding hydrogens is 242 g/mol. The highest BCUT2D eigenvalue weighted by molar-refractivity contribution is 7.09. The normalized spacial score (nSPS) is 10.3. The Kier molecular flexibility index (Phi) is 4.15. The highest BCUT2D eigenvalue weighted by Crippen LogP contribution is 2.16. The zero-order valence-corrected chi connectivity index (χ0v) is 11.5. The number of hydrogen-bond donors (Lipinski definition) is 0. The molecule has 0 radical (unpaired) electrons. The van der Waals surface area contributed by atoms with Gasteiger partial charge in [0.2, 0.25) is 0 Å². The van der Waals surface area contributed by atoms with E-state index in [1.165, 1.54) is 4.88 Å². The summed E-state index contributed by atoms with van der Waals surface area (Å²) in [6.45, 7) is 2.58. The van der Waals surface area contributed by atoms with Gasteiger partial charge in [0, 0.05) is 29.7 Å². The van der Waals surface area contributed by atoms with Crippen LogP contribution in [0.2, 0.25) is 0 Å². The molecule has 2 aromatic rings. The van der Waals surface area contributed by atoms with Crippen LogP contribution in [0.5, 0.6) is 0 Å². The molecule has 0 bridgehead atoms. The predicted molar refractivity (Wildman–Crippen MR) is 77.7 cm³/mol. The minimum Gasteiger partial charge on any atom is -0.374 e. The van der Waals surface area contributed by atoms with E-state index in [9.17, 15) is 4.79 Å². The fraction of sp³-hybridized carbons (Fsp3) is 0.267. The Morgan fingerprint density at radius 1 is 1.22 bits per heavy atom. The maximum Gasteiger partial charge on any atom is 0.159 e. The minimum absolute atomic E-state index is 0.114. The van der Waals surface area contributed by atoms with E-state index in [1.54, 1.807) is 18.3 Å². The summed E-state index contributed by atoms with van der Waals surface area (Å²) in [5.41, 5.74) is 1.92. The third-order valence-electron chi connectivity index (χ3n) is 2.99. The molecule has 0 unspecified atom stereocenters. The van der Waals surface area contributed by atoms with Gasteiger partial charge in [-0.3, -0.25) is 4.79 Å². The molecule has 0 saturated carbocycles. The summed E-state index contributed by atoms with van der Waals surface area (Å²) in [7, 11) is 2.08. The van der Waals surface area contributed by atoms with Crippen LogP contribution < -0.4 is 4.90 Å². The van der Waals surface area contributed by atoms with Crippen LogP contribution in [-0.2, 0) is 6.42 Å². The maximum absolute atomic E-state index is 11.2. The average Bonchev–Trinajstić information content (AvgIpc) is 2.89. The Morgan fingerprint density at radius 3 is 2.50 bits per heavy atom. The molecule has 0 spiro atoms. The van der Waals surface area contributed by atoms with Crippen molar-refractivity contribution in [2.75, 3.05) is 18.5 Å². The van der Waals surface area contributed by atoms with Crippen molar-refractivity contribution >= 4 is 22.8 Å². The lowest BCUT2D eigenvalue weighted by Crippen LogP contribution is -2.19. The monoisotopic (exact) mass is 259 g/mol. The van der Waals surface area contributed by atoms with Crippen LogP contribution in [-0.4, -0.2) is 19.4 Å². The third kappa shape index (κ3) is 3.20. The van der Waals surface area contributed by atoms with Gasteiger partial charge in [0.05, 0.1) is 0 Å². The molecule has 0 atom stereocenters. The van der Waals surface area contributed by atoms with Crippen molar-refractivity contribution in [3.8, 4) is 0 Å². The standard InChI is InChI=1S/C15H17NOS/c1-12(17)13-5-7-14(8-6-13)16(2)10-9-15-4-3-11-18-15/h3-8,11H,9-10H2,1-2H3. The van der Waals surface area contributed by atoms with E-state index in [0.717, 1.165) is 24.2 Å². The lowest BCUT2D eigenvalue weighted by atomic mass is 10.1. The molecule has 2 nitrogen and oxygen atoms in total. The molecule has 18 heavy (non-hydrogen) atoms. The second kappa shape index (κ2) is 5.83. The third-order valence-corrected chi connectivity index (χ3v) is 3.92. The maximum atomic E-state index is 11.2. The van der Waals surface area contributed by atoms with Gasteiger partial charge in [-0.2, -0.15) is 0 Å². The van der Waals surface area contributed by atoms with E-state index in [4.69, 9.17) is 0 Å². The topological polar surface area (TPSA) is 20.3 Å². The van der Waals surface area contributed by atoms with E-state index in [2.05, 4.69) is 29.5 Å². The summed E-state index contributed by atoms with van der Waals surface area (Å²) in [6, 6.07) is 12.0. The molecule has 1 aromatic heterocycles. The smallest absolute Gasteiger partial charge is 0.159 e. The first-order valence-electron chi connectivity index (χ1n) is 6.01. The Hall–Kier alpha value is -1.61. The molecule has 2 rings (SSSR count). The van der Waals surface area contributed by atoms with Gasteiger partial charge in [-0.25, -0.2) is 0 Å². The predicted octanol–water partition coefficient (Wildman–Crippen LogP) is 3.63. The molecule has 0 N–H and O–H groups in total. The van der Waals surface area contributed by atoms with E-state index in [-0.39, 0.29) is 5.78 Å².